The molecule has 2 heterocycles. The van der Waals surface area contributed by atoms with Gasteiger partial charge in [-0.05, 0) is 38.7 Å². The van der Waals surface area contributed by atoms with E-state index in [0.29, 0.717) is 5.56 Å². The largest absolute Gasteiger partial charge is 0.393 e. The second kappa shape index (κ2) is 5.97. The summed E-state index contributed by atoms with van der Waals surface area (Å²) in [5.41, 5.74) is 6.31. The van der Waals surface area contributed by atoms with E-state index in [1.165, 1.54) is 11.5 Å². The van der Waals surface area contributed by atoms with E-state index in [2.05, 4.69) is 14.6 Å². The Bertz CT molecular complexity index is 487. The van der Waals surface area contributed by atoms with Crippen molar-refractivity contribution in [3.05, 3.63) is 5.56 Å². The fourth-order valence-corrected chi connectivity index (χ4v) is 3.27. The molecular weight excluding hydrogens is 276 g/mol. The zero-order valence-corrected chi connectivity index (χ0v) is 12.9. The Kier molecular flexibility index (Phi) is 4.49. The number of carbonyl (C=O) groups is 1. The first-order valence-electron chi connectivity index (χ1n) is 6.89. The third-order valence-electron chi connectivity index (χ3n) is 3.54. The number of aromatic nitrogens is 1. The number of nitrogen functional groups attached to an aromatic ring is 1. The summed E-state index contributed by atoms with van der Waals surface area (Å²) < 4.78 is 4.11. The molecule has 0 aromatic carbocycles. The van der Waals surface area contributed by atoms with Crippen LogP contribution in [-0.2, 0) is 0 Å². The number of nitrogens with two attached hydrogens (primary N) is 1. The number of nitrogens with one attached hydrogen (secondary N) is 1. The molecule has 2 unspecified atom stereocenters. The second-order valence-electron chi connectivity index (χ2n) is 5.61. The number of nitrogens with zero attached hydrogens (tertiary/aromatic N) is 2. The van der Waals surface area contributed by atoms with Crippen molar-refractivity contribution < 1.29 is 9.90 Å². The quantitative estimate of drug-likeness (QED) is 0.773. The van der Waals surface area contributed by atoms with Gasteiger partial charge in [-0.15, -0.1) is 0 Å². The molecule has 0 bridgehead atoms. The van der Waals surface area contributed by atoms with Crippen molar-refractivity contribution in [3.63, 3.8) is 0 Å². The molecule has 0 spiro atoms. The van der Waals surface area contributed by atoms with Gasteiger partial charge >= 0.3 is 0 Å². The molecule has 1 saturated heterocycles. The van der Waals surface area contributed by atoms with Gasteiger partial charge in [0.2, 0.25) is 0 Å². The number of rotatable bonds is 4. The normalized spacial score (nSPS) is 20.4. The van der Waals surface area contributed by atoms with Crippen LogP contribution in [0.2, 0.25) is 0 Å². The second-order valence-corrected chi connectivity index (χ2v) is 6.36. The van der Waals surface area contributed by atoms with Gasteiger partial charge in [0, 0.05) is 25.0 Å². The first-order valence-corrected chi connectivity index (χ1v) is 7.66. The maximum atomic E-state index is 12.2. The van der Waals surface area contributed by atoms with Gasteiger partial charge in [0.15, 0.2) is 5.82 Å². The van der Waals surface area contributed by atoms with Crippen LogP contribution >= 0.6 is 11.5 Å². The average Bonchev–Trinajstić information content (AvgIpc) is 2.93. The number of aliphatic hydroxyl groups is 1. The van der Waals surface area contributed by atoms with Crippen molar-refractivity contribution in [3.8, 4) is 0 Å². The SMILES string of the molecule is CC(C)NC(=O)c1c(N)nsc1N1CCC(C(C)O)C1. The Labute approximate surface area is 123 Å². The number of aliphatic hydroxyl groups excluding tert-OH is 1. The van der Waals surface area contributed by atoms with Crippen molar-refractivity contribution in [1.29, 1.82) is 0 Å². The minimum absolute atomic E-state index is 0.0541. The Morgan fingerprint density at radius 2 is 2.25 bits per heavy atom. The summed E-state index contributed by atoms with van der Waals surface area (Å²) in [6.07, 6.45) is 0.582. The monoisotopic (exact) mass is 298 g/mol. The number of amides is 1. The number of hydrogen-bond acceptors (Lipinski definition) is 6. The van der Waals surface area contributed by atoms with Crippen LogP contribution in [0.15, 0.2) is 0 Å². The highest BCUT2D eigenvalue weighted by atomic mass is 32.1. The minimum atomic E-state index is -0.335. The van der Waals surface area contributed by atoms with Crippen molar-refractivity contribution in [1.82, 2.24) is 9.69 Å². The van der Waals surface area contributed by atoms with Crippen LogP contribution in [0.3, 0.4) is 0 Å². The molecule has 20 heavy (non-hydrogen) atoms. The molecule has 6 nitrogen and oxygen atoms in total. The molecule has 1 fully saturated rings. The maximum Gasteiger partial charge on any atom is 0.258 e. The molecule has 1 aromatic heterocycles. The summed E-state index contributed by atoms with van der Waals surface area (Å²) in [6.45, 7) is 7.18. The van der Waals surface area contributed by atoms with Gasteiger partial charge in [0.25, 0.3) is 5.91 Å². The first kappa shape index (κ1) is 15.1. The Hall–Kier alpha value is -1.34. The highest BCUT2D eigenvalue weighted by molar-refractivity contribution is 7.11. The van der Waals surface area contributed by atoms with E-state index < -0.39 is 0 Å². The van der Waals surface area contributed by atoms with E-state index in [0.717, 1.165) is 24.5 Å². The number of carbonyl (C=O) groups excluding carboxylic acids is 1. The van der Waals surface area contributed by atoms with Crippen LogP contribution in [-0.4, -0.2) is 40.6 Å². The lowest BCUT2D eigenvalue weighted by molar-refractivity contribution is 0.0945. The van der Waals surface area contributed by atoms with Crippen LogP contribution < -0.4 is 16.0 Å². The Morgan fingerprint density at radius 3 is 2.80 bits per heavy atom. The Morgan fingerprint density at radius 1 is 1.55 bits per heavy atom. The lowest BCUT2D eigenvalue weighted by Crippen LogP contribution is -2.32. The fraction of sp³-hybridized carbons (Fsp3) is 0.692. The number of hydrogen-bond donors (Lipinski definition) is 3. The van der Waals surface area contributed by atoms with Gasteiger partial charge in [-0.25, -0.2) is 0 Å². The van der Waals surface area contributed by atoms with Gasteiger partial charge in [0.05, 0.1) is 6.10 Å². The zero-order chi connectivity index (χ0) is 14.9. The van der Waals surface area contributed by atoms with Gasteiger partial charge < -0.3 is 21.1 Å². The van der Waals surface area contributed by atoms with Crippen LogP contribution in [0.4, 0.5) is 10.8 Å². The van der Waals surface area contributed by atoms with E-state index in [9.17, 15) is 9.90 Å². The third-order valence-corrected chi connectivity index (χ3v) is 4.46. The summed E-state index contributed by atoms with van der Waals surface area (Å²) in [5.74, 6) is 0.338. The number of anilines is 2. The third kappa shape index (κ3) is 3.04. The molecule has 0 saturated carbocycles. The van der Waals surface area contributed by atoms with E-state index in [1.54, 1.807) is 0 Å². The molecule has 1 aromatic rings. The smallest absolute Gasteiger partial charge is 0.258 e. The van der Waals surface area contributed by atoms with E-state index in [4.69, 9.17) is 5.73 Å². The van der Waals surface area contributed by atoms with Gasteiger partial charge in [-0.2, -0.15) is 4.37 Å². The summed E-state index contributed by atoms with van der Waals surface area (Å²) in [5, 5.41) is 13.3. The summed E-state index contributed by atoms with van der Waals surface area (Å²) in [7, 11) is 0. The van der Waals surface area contributed by atoms with Crippen molar-refractivity contribution in [2.75, 3.05) is 23.7 Å². The first-order chi connectivity index (χ1) is 9.40. The molecule has 2 atom stereocenters. The molecule has 112 valence electrons. The molecule has 4 N–H and O–H groups in total. The highest BCUT2D eigenvalue weighted by Crippen LogP contribution is 2.34. The minimum Gasteiger partial charge on any atom is -0.393 e. The molecule has 2 rings (SSSR count). The topological polar surface area (TPSA) is 91.5 Å². The summed E-state index contributed by atoms with van der Waals surface area (Å²) in [6, 6.07) is 0.0541. The predicted molar refractivity (Wildman–Crippen MR) is 81.1 cm³/mol. The van der Waals surface area contributed by atoms with Crippen molar-refractivity contribution in [2.45, 2.75) is 39.3 Å². The van der Waals surface area contributed by atoms with E-state index in [-0.39, 0.29) is 29.8 Å². The Balaban J connectivity index is 2.19. The summed E-state index contributed by atoms with van der Waals surface area (Å²) in [4.78, 5) is 14.3. The molecule has 1 aliphatic rings. The fourth-order valence-electron chi connectivity index (χ4n) is 2.42. The lowest BCUT2D eigenvalue weighted by atomic mass is 10.0. The van der Waals surface area contributed by atoms with Gasteiger partial charge in [0.1, 0.15) is 10.6 Å². The van der Waals surface area contributed by atoms with E-state index in [1.807, 2.05) is 20.8 Å². The van der Waals surface area contributed by atoms with Crippen LogP contribution in [0, 0.1) is 5.92 Å². The zero-order valence-electron chi connectivity index (χ0n) is 12.1. The van der Waals surface area contributed by atoms with Crippen molar-refractivity contribution in [2.24, 2.45) is 5.92 Å². The highest BCUT2D eigenvalue weighted by Gasteiger charge is 2.31. The lowest BCUT2D eigenvalue weighted by Gasteiger charge is -2.19. The van der Waals surface area contributed by atoms with Crippen molar-refractivity contribution >= 4 is 28.3 Å². The average molecular weight is 298 g/mol. The van der Waals surface area contributed by atoms with Gasteiger partial charge in [-0.3, -0.25) is 4.79 Å². The summed E-state index contributed by atoms with van der Waals surface area (Å²) >= 11 is 1.25. The van der Waals surface area contributed by atoms with E-state index >= 15 is 0 Å². The molecule has 1 aliphatic heterocycles. The standard InChI is InChI=1S/C13H22N4O2S/c1-7(2)15-12(19)10-11(14)16-20-13(10)17-5-4-9(6-17)8(3)18/h7-9,18H,4-6H2,1-3H3,(H2,14,16)(H,15,19). The van der Waals surface area contributed by atoms with Gasteiger partial charge in [-0.1, -0.05) is 0 Å². The maximum absolute atomic E-state index is 12.2. The molecule has 7 heteroatoms. The van der Waals surface area contributed by atoms with Crippen LogP contribution in [0.1, 0.15) is 37.6 Å². The molecule has 0 aliphatic carbocycles. The molecule has 0 radical (unpaired) electrons. The van der Waals surface area contributed by atoms with Crippen LogP contribution in [0.25, 0.3) is 0 Å². The molecular formula is C13H22N4O2S. The predicted octanol–water partition coefficient (Wildman–Crippen LogP) is 1.07. The molecule has 1 amide bonds. The van der Waals surface area contributed by atoms with Crippen LogP contribution in [0.5, 0.6) is 0 Å².